The quantitative estimate of drug-likeness (QED) is 0.741. The van der Waals surface area contributed by atoms with E-state index in [0.29, 0.717) is 37.3 Å². The molecule has 0 bridgehead atoms. The zero-order valence-corrected chi connectivity index (χ0v) is 15.8. The summed E-state index contributed by atoms with van der Waals surface area (Å²) in [6, 6.07) is 13.1. The van der Waals surface area contributed by atoms with Crippen LogP contribution in [-0.4, -0.2) is 43.9 Å². The van der Waals surface area contributed by atoms with E-state index in [1.165, 1.54) is 0 Å². The molecule has 2 aromatic carbocycles. The Morgan fingerprint density at radius 3 is 2.52 bits per heavy atom. The minimum atomic E-state index is -3.38. The smallest absolute Gasteiger partial charge is 0.406 e. The van der Waals surface area contributed by atoms with E-state index in [1.807, 2.05) is 43.3 Å². The normalized spacial score (nSPS) is 16.1. The Morgan fingerprint density at radius 1 is 1.04 bits per heavy atom. The lowest BCUT2D eigenvalue weighted by Gasteiger charge is -2.35. The minimum absolute atomic E-state index is 0.0158. The Balaban J connectivity index is 1.50. The molecule has 1 fully saturated rings. The van der Waals surface area contributed by atoms with Gasteiger partial charge in [-0.15, -0.1) is 0 Å². The number of aromatic nitrogens is 1. The van der Waals surface area contributed by atoms with Gasteiger partial charge in [0.25, 0.3) is 0 Å². The van der Waals surface area contributed by atoms with Gasteiger partial charge < -0.3 is 9.32 Å². The summed E-state index contributed by atoms with van der Waals surface area (Å²) >= 11 is 0. The molecular formula is C19H21N3O4S. The lowest BCUT2D eigenvalue weighted by molar-refractivity contribution is 0.384. The maximum atomic E-state index is 12.8. The fourth-order valence-corrected chi connectivity index (χ4v) is 5.09. The molecule has 1 aliphatic heterocycles. The van der Waals surface area contributed by atoms with Crippen molar-refractivity contribution in [2.45, 2.75) is 12.7 Å². The number of aryl methyl sites for hydroxylation is 1. The first-order valence-corrected chi connectivity index (χ1v) is 10.4. The third-order valence-electron chi connectivity index (χ3n) is 5.00. The molecule has 1 aromatic heterocycles. The molecule has 1 N–H and O–H groups in total. The highest BCUT2D eigenvalue weighted by Gasteiger charge is 2.28. The van der Waals surface area contributed by atoms with E-state index < -0.39 is 15.8 Å². The van der Waals surface area contributed by atoms with Crippen LogP contribution in [0.5, 0.6) is 0 Å². The Kier molecular flexibility index (Phi) is 4.53. The fourth-order valence-electron chi connectivity index (χ4n) is 3.47. The zero-order valence-electron chi connectivity index (χ0n) is 15.0. The van der Waals surface area contributed by atoms with Crippen LogP contribution in [0.4, 0.5) is 5.69 Å². The van der Waals surface area contributed by atoms with Crippen LogP contribution in [-0.2, 0) is 15.8 Å². The summed E-state index contributed by atoms with van der Waals surface area (Å²) in [4.78, 5) is 16.2. The molecule has 7 nitrogen and oxygen atoms in total. The monoisotopic (exact) mass is 387 g/mol. The van der Waals surface area contributed by atoms with Crippen LogP contribution in [0.15, 0.2) is 51.7 Å². The summed E-state index contributed by atoms with van der Waals surface area (Å²) in [5, 5.41) is 0. The molecule has 0 amide bonds. The largest absolute Gasteiger partial charge is 0.417 e. The molecule has 2 heterocycles. The van der Waals surface area contributed by atoms with Gasteiger partial charge in [-0.05, 0) is 30.2 Å². The van der Waals surface area contributed by atoms with Crippen molar-refractivity contribution in [1.82, 2.24) is 9.29 Å². The molecule has 0 saturated carbocycles. The van der Waals surface area contributed by atoms with Gasteiger partial charge in [0.1, 0.15) is 0 Å². The molecule has 27 heavy (non-hydrogen) atoms. The van der Waals surface area contributed by atoms with Crippen LogP contribution < -0.4 is 10.7 Å². The van der Waals surface area contributed by atoms with Crippen molar-refractivity contribution in [3.05, 3.63) is 64.1 Å². The summed E-state index contributed by atoms with van der Waals surface area (Å²) in [7, 11) is -3.38. The Hall–Kier alpha value is -2.58. The molecule has 0 atom stereocenters. The van der Waals surface area contributed by atoms with Crippen molar-refractivity contribution in [2.75, 3.05) is 31.1 Å². The van der Waals surface area contributed by atoms with E-state index in [2.05, 4.69) is 9.88 Å². The SMILES string of the molecule is Cc1ccccc1CS(=O)(=O)N1CCN(c2cccc3[nH]c(=O)oc23)CC1. The highest BCUT2D eigenvalue weighted by Crippen LogP contribution is 2.26. The van der Waals surface area contributed by atoms with E-state index in [9.17, 15) is 13.2 Å². The second-order valence-corrected chi connectivity index (χ2v) is 8.71. The molecule has 8 heteroatoms. The number of nitrogens with zero attached hydrogens (tertiary/aromatic N) is 2. The summed E-state index contributed by atoms with van der Waals surface area (Å²) in [5.74, 6) is -0.473. The number of H-pyrrole nitrogens is 1. The first-order chi connectivity index (χ1) is 12.9. The van der Waals surface area contributed by atoms with E-state index in [-0.39, 0.29) is 5.75 Å². The number of piperazine rings is 1. The molecule has 4 rings (SSSR count). The van der Waals surface area contributed by atoms with Crippen molar-refractivity contribution >= 4 is 26.8 Å². The number of hydrogen-bond donors (Lipinski definition) is 1. The molecule has 1 aliphatic rings. The number of nitrogens with one attached hydrogen (secondary N) is 1. The standard InChI is InChI=1S/C19H21N3O4S/c1-14-5-2-3-6-15(14)13-27(24,25)22-11-9-21(10-12-22)17-8-4-7-16-18(17)26-19(23)20-16/h2-8H,9-13H2,1H3,(H,20,23). The van der Waals surface area contributed by atoms with Gasteiger partial charge in [-0.2, -0.15) is 4.31 Å². The lowest BCUT2D eigenvalue weighted by atomic mass is 10.1. The van der Waals surface area contributed by atoms with Crippen LogP contribution in [0, 0.1) is 6.92 Å². The number of anilines is 1. The second-order valence-electron chi connectivity index (χ2n) is 6.74. The molecule has 142 valence electrons. The maximum Gasteiger partial charge on any atom is 0.417 e. The molecule has 0 radical (unpaired) electrons. The first kappa shape index (κ1) is 17.8. The molecule has 0 spiro atoms. The Labute approximate surface area is 157 Å². The van der Waals surface area contributed by atoms with Crippen LogP contribution in [0.3, 0.4) is 0 Å². The highest BCUT2D eigenvalue weighted by molar-refractivity contribution is 7.88. The number of rotatable bonds is 4. The number of aromatic amines is 1. The molecular weight excluding hydrogens is 366 g/mol. The highest BCUT2D eigenvalue weighted by atomic mass is 32.2. The van der Waals surface area contributed by atoms with Crippen LogP contribution in [0.25, 0.3) is 11.1 Å². The summed E-state index contributed by atoms with van der Waals surface area (Å²) < 4.78 is 32.4. The van der Waals surface area contributed by atoms with Crippen molar-refractivity contribution in [3.63, 3.8) is 0 Å². The molecule has 1 saturated heterocycles. The third-order valence-corrected chi connectivity index (χ3v) is 6.83. The predicted octanol–water partition coefficient (Wildman–Crippen LogP) is 2.08. The number of fused-ring (bicyclic) bond motifs is 1. The van der Waals surface area contributed by atoms with Gasteiger partial charge in [-0.3, -0.25) is 4.98 Å². The summed E-state index contributed by atoms with van der Waals surface area (Å²) in [6.07, 6.45) is 0. The average Bonchev–Trinajstić information content (AvgIpc) is 3.04. The van der Waals surface area contributed by atoms with E-state index in [1.54, 1.807) is 10.4 Å². The first-order valence-electron chi connectivity index (χ1n) is 8.83. The molecule has 0 unspecified atom stereocenters. The fraction of sp³-hybridized carbons (Fsp3) is 0.316. The van der Waals surface area contributed by atoms with E-state index in [0.717, 1.165) is 16.8 Å². The third kappa shape index (κ3) is 3.50. The molecule has 0 aliphatic carbocycles. The lowest BCUT2D eigenvalue weighted by Crippen LogP contribution is -2.49. The number of sulfonamides is 1. The number of benzene rings is 2. The zero-order chi connectivity index (χ0) is 19.0. The average molecular weight is 387 g/mol. The number of oxazole rings is 1. The van der Waals surface area contributed by atoms with Crippen LogP contribution in [0.1, 0.15) is 11.1 Å². The number of para-hydroxylation sites is 1. The van der Waals surface area contributed by atoms with Crippen molar-refractivity contribution in [2.24, 2.45) is 0 Å². The topological polar surface area (TPSA) is 86.6 Å². The summed E-state index contributed by atoms with van der Waals surface area (Å²) in [6.45, 7) is 3.81. The van der Waals surface area contributed by atoms with Crippen LogP contribution >= 0.6 is 0 Å². The van der Waals surface area contributed by atoms with Gasteiger partial charge in [-0.25, -0.2) is 13.2 Å². The van der Waals surface area contributed by atoms with Gasteiger partial charge in [0.05, 0.1) is 17.0 Å². The van der Waals surface area contributed by atoms with Gasteiger partial charge >= 0.3 is 5.76 Å². The van der Waals surface area contributed by atoms with Gasteiger partial charge in [-0.1, -0.05) is 30.3 Å². The minimum Gasteiger partial charge on any atom is -0.406 e. The maximum absolute atomic E-state index is 12.8. The molecule has 3 aromatic rings. The van der Waals surface area contributed by atoms with E-state index in [4.69, 9.17) is 4.42 Å². The van der Waals surface area contributed by atoms with Crippen molar-refractivity contribution < 1.29 is 12.8 Å². The van der Waals surface area contributed by atoms with E-state index >= 15 is 0 Å². The van der Waals surface area contributed by atoms with Crippen molar-refractivity contribution in [3.8, 4) is 0 Å². The Bertz CT molecular complexity index is 1130. The van der Waals surface area contributed by atoms with Gasteiger partial charge in [0.15, 0.2) is 5.58 Å². The van der Waals surface area contributed by atoms with Gasteiger partial charge in [0, 0.05) is 26.2 Å². The predicted molar refractivity (Wildman–Crippen MR) is 104 cm³/mol. The number of hydrogen-bond acceptors (Lipinski definition) is 5. The van der Waals surface area contributed by atoms with Crippen LogP contribution in [0.2, 0.25) is 0 Å². The van der Waals surface area contributed by atoms with Gasteiger partial charge in [0.2, 0.25) is 10.0 Å². The second kappa shape index (κ2) is 6.86. The Morgan fingerprint density at radius 2 is 1.78 bits per heavy atom. The van der Waals surface area contributed by atoms with Crippen molar-refractivity contribution in [1.29, 1.82) is 0 Å². The summed E-state index contributed by atoms with van der Waals surface area (Å²) in [5.41, 5.74) is 3.78.